The molecule has 1 aromatic carbocycles. The third-order valence-electron chi connectivity index (χ3n) is 2.42. The molecule has 7 nitrogen and oxygen atoms in total. The van der Waals surface area contributed by atoms with Gasteiger partial charge in [0.2, 0.25) is 0 Å². The summed E-state index contributed by atoms with van der Waals surface area (Å²) >= 11 is 3.05. The number of sulfonamides is 1. The van der Waals surface area contributed by atoms with Gasteiger partial charge < -0.3 is 5.11 Å². The number of hydrogen-bond donors (Lipinski definition) is 3. The Hall–Kier alpha value is -1.87. The van der Waals surface area contributed by atoms with Crippen molar-refractivity contribution >= 4 is 37.7 Å². The summed E-state index contributed by atoms with van der Waals surface area (Å²) in [6.45, 7) is 1.73. The zero-order valence-corrected chi connectivity index (χ0v) is 12.6. The van der Waals surface area contributed by atoms with E-state index in [0.29, 0.717) is 10.2 Å². The van der Waals surface area contributed by atoms with Gasteiger partial charge in [-0.25, -0.2) is 13.2 Å². The Bertz CT molecular complexity index is 770. The molecule has 0 amide bonds. The van der Waals surface area contributed by atoms with Gasteiger partial charge in [-0.05, 0) is 41.1 Å². The van der Waals surface area contributed by atoms with Gasteiger partial charge in [-0.1, -0.05) is 0 Å². The molecule has 2 rings (SSSR count). The first kappa shape index (κ1) is 14.5. The molecule has 1 heterocycles. The number of carboxylic acids is 1. The van der Waals surface area contributed by atoms with E-state index in [1.807, 2.05) is 0 Å². The van der Waals surface area contributed by atoms with Crippen molar-refractivity contribution in [2.75, 3.05) is 4.72 Å². The highest BCUT2D eigenvalue weighted by molar-refractivity contribution is 9.10. The van der Waals surface area contributed by atoms with Crippen molar-refractivity contribution in [3.8, 4) is 0 Å². The average Bonchev–Trinajstić information content (AvgIpc) is 2.73. The second-order valence-corrected chi connectivity index (χ2v) is 6.53. The molecular formula is C11H10BrN3O4S. The average molecular weight is 360 g/mol. The summed E-state index contributed by atoms with van der Waals surface area (Å²) in [5.74, 6) is -1.08. The molecule has 0 atom stereocenters. The number of anilines is 1. The first-order valence-corrected chi connectivity index (χ1v) is 7.65. The molecule has 20 heavy (non-hydrogen) atoms. The second-order valence-electron chi connectivity index (χ2n) is 3.99. The fraction of sp³-hybridized carbons (Fsp3) is 0.0909. The van der Waals surface area contributed by atoms with Crippen LogP contribution < -0.4 is 4.72 Å². The fourth-order valence-corrected chi connectivity index (χ4v) is 2.94. The van der Waals surface area contributed by atoms with Gasteiger partial charge in [-0.15, -0.1) is 0 Å². The molecule has 9 heteroatoms. The van der Waals surface area contributed by atoms with Crippen molar-refractivity contribution in [1.29, 1.82) is 0 Å². The van der Waals surface area contributed by atoms with E-state index in [1.165, 1.54) is 18.2 Å². The van der Waals surface area contributed by atoms with Crippen LogP contribution in [0, 0.1) is 6.92 Å². The van der Waals surface area contributed by atoms with Crippen molar-refractivity contribution in [1.82, 2.24) is 10.2 Å². The fourth-order valence-electron chi connectivity index (χ4n) is 1.50. The van der Waals surface area contributed by atoms with E-state index < -0.39 is 16.0 Å². The summed E-state index contributed by atoms with van der Waals surface area (Å²) in [5.41, 5.74) is 0.566. The van der Waals surface area contributed by atoms with E-state index in [9.17, 15) is 13.2 Å². The van der Waals surface area contributed by atoms with Gasteiger partial charge in [0.05, 0.1) is 10.5 Å². The second kappa shape index (κ2) is 5.25. The Morgan fingerprint density at radius 3 is 2.65 bits per heavy atom. The Balaban J connectivity index is 2.39. The van der Waals surface area contributed by atoms with Gasteiger partial charge in [-0.3, -0.25) is 9.82 Å². The van der Waals surface area contributed by atoms with Crippen LogP contribution in [0.2, 0.25) is 0 Å². The number of benzene rings is 1. The zero-order chi connectivity index (χ0) is 14.9. The Kier molecular flexibility index (Phi) is 3.82. The van der Waals surface area contributed by atoms with Gasteiger partial charge >= 0.3 is 5.97 Å². The quantitative estimate of drug-likeness (QED) is 0.772. The van der Waals surface area contributed by atoms with E-state index in [2.05, 4.69) is 30.8 Å². The van der Waals surface area contributed by atoms with Gasteiger partial charge in [-0.2, -0.15) is 5.10 Å². The predicted octanol–water partition coefficient (Wildman–Crippen LogP) is 1.98. The number of carbonyl (C=O) groups is 1. The van der Waals surface area contributed by atoms with Crippen LogP contribution in [-0.4, -0.2) is 29.7 Å². The van der Waals surface area contributed by atoms with Crippen molar-refractivity contribution in [2.24, 2.45) is 0 Å². The Morgan fingerprint density at radius 1 is 1.40 bits per heavy atom. The minimum atomic E-state index is -3.89. The van der Waals surface area contributed by atoms with Crippen LogP contribution >= 0.6 is 15.9 Å². The largest absolute Gasteiger partial charge is 0.478 e. The number of aromatic amines is 1. The van der Waals surface area contributed by atoms with Crippen LogP contribution in [0.1, 0.15) is 16.1 Å². The number of hydrogen-bond acceptors (Lipinski definition) is 4. The number of rotatable bonds is 4. The van der Waals surface area contributed by atoms with E-state index in [1.54, 1.807) is 6.92 Å². The highest BCUT2D eigenvalue weighted by Crippen LogP contribution is 2.22. The lowest BCUT2D eigenvalue weighted by Gasteiger charge is -2.07. The summed E-state index contributed by atoms with van der Waals surface area (Å²) in [6, 6.07) is 5.27. The molecule has 1 aromatic heterocycles. The van der Waals surface area contributed by atoms with E-state index in [-0.39, 0.29) is 16.3 Å². The summed E-state index contributed by atoms with van der Waals surface area (Å²) in [6.07, 6.45) is 0. The topological polar surface area (TPSA) is 112 Å². The lowest BCUT2D eigenvalue weighted by atomic mass is 10.2. The normalized spacial score (nSPS) is 11.3. The van der Waals surface area contributed by atoms with E-state index >= 15 is 0 Å². The van der Waals surface area contributed by atoms with Crippen LogP contribution in [0.4, 0.5) is 5.82 Å². The number of aromatic carboxylic acids is 1. The maximum absolute atomic E-state index is 12.1. The number of H-pyrrole nitrogens is 1. The highest BCUT2D eigenvalue weighted by atomic mass is 79.9. The van der Waals surface area contributed by atoms with Gasteiger partial charge in [0.25, 0.3) is 10.0 Å². The molecule has 0 bridgehead atoms. The van der Waals surface area contributed by atoms with Crippen molar-refractivity contribution in [3.63, 3.8) is 0 Å². The Morgan fingerprint density at radius 2 is 2.10 bits per heavy atom. The number of nitrogens with zero attached hydrogens (tertiary/aromatic N) is 1. The number of nitrogens with one attached hydrogen (secondary N) is 2. The molecule has 0 aliphatic rings. The predicted molar refractivity (Wildman–Crippen MR) is 75.2 cm³/mol. The lowest BCUT2D eigenvalue weighted by Crippen LogP contribution is -2.14. The maximum Gasteiger partial charge on any atom is 0.336 e. The molecule has 106 valence electrons. The Labute approximate surface area is 123 Å². The summed E-state index contributed by atoms with van der Waals surface area (Å²) in [5, 5.41) is 15.3. The third-order valence-corrected chi connectivity index (χ3v) is 4.47. The van der Waals surface area contributed by atoms with Crippen LogP contribution in [-0.2, 0) is 10.0 Å². The summed E-state index contributed by atoms with van der Waals surface area (Å²) in [4.78, 5) is 10.8. The molecule has 3 N–H and O–H groups in total. The molecule has 0 unspecified atom stereocenters. The summed E-state index contributed by atoms with van der Waals surface area (Å²) < 4.78 is 26.8. The number of aromatic nitrogens is 2. The van der Waals surface area contributed by atoms with Crippen molar-refractivity contribution in [2.45, 2.75) is 11.8 Å². The van der Waals surface area contributed by atoms with Gasteiger partial charge in [0.1, 0.15) is 0 Å². The minimum absolute atomic E-state index is 0.133. The molecule has 0 radical (unpaired) electrons. The molecule has 0 fully saturated rings. The number of carboxylic acid groups (broad SMARTS) is 1. The number of halogens is 1. The lowest BCUT2D eigenvalue weighted by molar-refractivity contribution is 0.0695. The standard InChI is InChI=1S/C11H10BrN3O4S/c1-6-4-10(14-13-6)15-20(18,19)7-2-3-9(12)8(5-7)11(16)17/h2-5H,1H3,(H,16,17)(H2,13,14,15). The monoisotopic (exact) mass is 359 g/mol. The first-order valence-electron chi connectivity index (χ1n) is 5.37. The first-order chi connectivity index (χ1) is 9.29. The molecule has 0 aliphatic carbocycles. The molecule has 0 saturated heterocycles. The van der Waals surface area contributed by atoms with Gasteiger partial charge in [0.15, 0.2) is 5.82 Å². The zero-order valence-electron chi connectivity index (χ0n) is 10.2. The minimum Gasteiger partial charge on any atom is -0.478 e. The van der Waals surface area contributed by atoms with Crippen LogP contribution in [0.25, 0.3) is 0 Å². The molecule has 0 saturated carbocycles. The molecule has 2 aromatic rings. The summed E-state index contributed by atoms with van der Waals surface area (Å²) in [7, 11) is -3.89. The molecule has 0 spiro atoms. The SMILES string of the molecule is Cc1cc(NS(=O)(=O)c2ccc(Br)c(C(=O)O)c2)n[nH]1. The maximum atomic E-state index is 12.1. The third kappa shape index (κ3) is 2.99. The molecular weight excluding hydrogens is 350 g/mol. The van der Waals surface area contributed by atoms with Gasteiger partial charge in [0, 0.05) is 16.2 Å². The van der Waals surface area contributed by atoms with Crippen LogP contribution in [0.5, 0.6) is 0 Å². The van der Waals surface area contributed by atoms with Crippen LogP contribution in [0.15, 0.2) is 33.6 Å². The highest BCUT2D eigenvalue weighted by Gasteiger charge is 2.19. The van der Waals surface area contributed by atoms with E-state index in [4.69, 9.17) is 5.11 Å². The molecule has 0 aliphatic heterocycles. The smallest absolute Gasteiger partial charge is 0.336 e. The number of aryl methyl sites for hydroxylation is 1. The van der Waals surface area contributed by atoms with Crippen molar-refractivity contribution < 1.29 is 18.3 Å². The van der Waals surface area contributed by atoms with E-state index in [0.717, 1.165) is 6.07 Å². The van der Waals surface area contributed by atoms with Crippen molar-refractivity contribution in [3.05, 3.63) is 40.0 Å². The van der Waals surface area contributed by atoms with Crippen LogP contribution in [0.3, 0.4) is 0 Å².